The molecule has 2 aliphatic carbocycles. The molecule has 1 spiro atoms. The molecular formula is C11H16O2. The smallest absolute Gasteiger partial charge is 0.191 e. The normalized spacial score (nSPS) is 36.3. The van der Waals surface area contributed by atoms with Gasteiger partial charge < -0.3 is 9.47 Å². The highest BCUT2D eigenvalue weighted by atomic mass is 16.7. The molecule has 0 amide bonds. The Labute approximate surface area is 78.9 Å². The highest BCUT2D eigenvalue weighted by molar-refractivity contribution is 5.24. The van der Waals surface area contributed by atoms with Gasteiger partial charge in [-0.3, -0.25) is 0 Å². The van der Waals surface area contributed by atoms with Gasteiger partial charge in [0.15, 0.2) is 5.79 Å². The van der Waals surface area contributed by atoms with E-state index in [1.165, 1.54) is 31.3 Å². The number of allylic oxidation sites excluding steroid dienone is 1. The lowest BCUT2D eigenvalue weighted by Crippen LogP contribution is -2.38. The maximum absolute atomic E-state index is 5.80. The fourth-order valence-electron chi connectivity index (χ4n) is 3.02. The van der Waals surface area contributed by atoms with E-state index < -0.39 is 0 Å². The topological polar surface area (TPSA) is 18.5 Å². The van der Waals surface area contributed by atoms with E-state index in [1.54, 1.807) is 0 Å². The Balaban J connectivity index is 1.93. The lowest BCUT2D eigenvalue weighted by Gasteiger charge is -2.37. The van der Waals surface area contributed by atoms with Crippen LogP contribution in [0.15, 0.2) is 11.6 Å². The summed E-state index contributed by atoms with van der Waals surface area (Å²) in [5.74, 6) is 0.506. The molecule has 1 saturated carbocycles. The lowest BCUT2D eigenvalue weighted by atomic mass is 9.81. The van der Waals surface area contributed by atoms with Crippen molar-refractivity contribution in [1.82, 2.24) is 0 Å². The first kappa shape index (κ1) is 8.01. The Morgan fingerprint density at radius 3 is 2.92 bits per heavy atom. The molecule has 2 nitrogen and oxygen atoms in total. The van der Waals surface area contributed by atoms with E-state index in [0.29, 0.717) is 0 Å². The molecule has 1 heterocycles. The fraction of sp³-hybridized carbons (Fsp3) is 0.818. The molecule has 1 saturated heterocycles. The van der Waals surface area contributed by atoms with Crippen molar-refractivity contribution in [1.29, 1.82) is 0 Å². The van der Waals surface area contributed by atoms with E-state index in [-0.39, 0.29) is 5.79 Å². The van der Waals surface area contributed by atoms with Gasteiger partial charge in [-0.1, -0.05) is 6.08 Å². The summed E-state index contributed by atoms with van der Waals surface area (Å²) in [6, 6.07) is 0. The van der Waals surface area contributed by atoms with Gasteiger partial charge >= 0.3 is 0 Å². The molecule has 13 heavy (non-hydrogen) atoms. The first-order valence-electron chi connectivity index (χ1n) is 5.39. The van der Waals surface area contributed by atoms with E-state index in [1.807, 2.05) is 0 Å². The third kappa shape index (κ3) is 1.09. The Hall–Kier alpha value is -0.340. The molecule has 3 rings (SSSR count). The summed E-state index contributed by atoms with van der Waals surface area (Å²) in [5.41, 5.74) is 1.47. The molecule has 0 aromatic carbocycles. The molecule has 0 N–H and O–H groups in total. The van der Waals surface area contributed by atoms with Gasteiger partial charge in [0.25, 0.3) is 0 Å². The van der Waals surface area contributed by atoms with Crippen molar-refractivity contribution in [2.75, 3.05) is 13.2 Å². The van der Waals surface area contributed by atoms with Crippen LogP contribution in [0.4, 0.5) is 0 Å². The highest BCUT2D eigenvalue weighted by Gasteiger charge is 2.46. The third-order valence-electron chi connectivity index (χ3n) is 3.57. The molecule has 0 aromatic rings. The van der Waals surface area contributed by atoms with Crippen molar-refractivity contribution in [3.8, 4) is 0 Å². The second-order valence-corrected chi connectivity index (χ2v) is 4.28. The Morgan fingerprint density at radius 2 is 2.08 bits per heavy atom. The van der Waals surface area contributed by atoms with Crippen LogP contribution in [0.3, 0.4) is 0 Å². The van der Waals surface area contributed by atoms with Gasteiger partial charge in [-0.2, -0.15) is 0 Å². The first-order chi connectivity index (χ1) is 6.41. The van der Waals surface area contributed by atoms with Crippen LogP contribution in [0.2, 0.25) is 0 Å². The van der Waals surface area contributed by atoms with Crippen LogP contribution in [0, 0.1) is 5.92 Å². The van der Waals surface area contributed by atoms with E-state index in [0.717, 1.165) is 25.6 Å². The standard InChI is InChI=1S/C11H16O2/c1-3-9-4-2-6-11(10(9)5-1)12-7-8-13-11/h5,9H,1-4,6-8H2. The van der Waals surface area contributed by atoms with Crippen LogP contribution in [0.5, 0.6) is 0 Å². The van der Waals surface area contributed by atoms with Gasteiger partial charge in [-0.15, -0.1) is 0 Å². The van der Waals surface area contributed by atoms with Crippen molar-refractivity contribution in [2.24, 2.45) is 5.92 Å². The fourth-order valence-corrected chi connectivity index (χ4v) is 3.02. The van der Waals surface area contributed by atoms with Crippen LogP contribution < -0.4 is 0 Å². The zero-order valence-electron chi connectivity index (χ0n) is 7.92. The quantitative estimate of drug-likeness (QED) is 0.532. The summed E-state index contributed by atoms with van der Waals surface area (Å²) in [5, 5.41) is 0. The van der Waals surface area contributed by atoms with Crippen molar-refractivity contribution in [3.63, 3.8) is 0 Å². The minimum Gasteiger partial charge on any atom is -0.344 e. The summed E-state index contributed by atoms with van der Waals surface area (Å²) >= 11 is 0. The SMILES string of the molecule is C1=C2C(CC1)CCCC21OCCO1. The van der Waals surface area contributed by atoms with E-state index in [9.17, 15) is 0 Å². The second-order valence-electron chi connectivity index (χ2n) is 4.28. The van der Waals surface area contributed by atoms with E-state index in [2.05, 4.69) is 6.08 Å². The van der Waals surface area contributed by atoms with E-state index in [4.69, 9.17) is 9.47 Å². The molecule has 1 unspecified atom stereocenters. The number of fused-ring (bicyclic) bond motifs is 2. The molecule has 72 valence electrons. The van der Waals surface area contributed by atoms with Crippen LogP contribution in [0.25, 0.3) is 0 Å². The van der Waals surface area contributed by atoms with Gasteiger partial charge in [0.2, 0.25) is 0 Å². The molecular weight excluding hydrogens is 164 g/mol. The second kappa shape index (κ2) is 2.82. The molecule has 0 radical (unpaired) electrons. The van der Waals surface area contributed by atoms with E-state index >= 15 is 0 Å². The number of hydrogen-bond donors (Lipinski definition) is 0. The van der Waals surface area contributed by atoms with Crippen LogP contribution in [-0.4, -0.2) is 19.0 Å². The lowest BCUT2D eigenvalue weighted by molar-refractivity contribution is -0.145. The predicted molar refractivity (Wildman–Crippen MR) is 49.3 cm³/mol. The first-order valence-corrected chi connectivity index (χ1v) is 5.39. The molecule has 2 fully saturated rings. The molecule has 1 aliphatic heterocycles. The highest BCUT2D eigenvalue weighted by Crippen LogP contribution is 2.47. The van der Waals surface area contributed by atoms with Gasteiger partial charge in [-0.05, 0) is 37.2 Å². The maximum Gasteiger partial charge on any atom is 0.191 e. The third-order valence-corrected chi connectivity index (χ3v) is 3.57. The monoisotopic (exact) mass is 180 g/mol. The maximum atomic E-state index is 5.80. The largest absolute Gasteiger partial charge is 0.344 e. The minimum atomic E-state index is -0.264. The van der Waals surface area contributed by atoms with Crippen molar-refractivity contribution >= 4 is 0 Å². The Kier molecular flexibility index (Phi) is 1.74. The molecule has 2 heteroatoms. The molecule has 0 bridgehead atoms. The average Bonchev–Trinajstić information content (AvgIpc) is 2.74. The number of ether oxygens (including phenoxy) is 2. The minimum absolute atomic E-state index is 0.264. The summed E-state index contributed by atoms with van der Waals surface area (Å²) in [6.07, 6.45) is 8.60. The molecule has 0 aromatic heterocycles. The van der Waals surface area contributed by atoms with Crippen molar-refractivity contribution < 1.29 is 9.47 Å². The molecule has 1 atom stereocenters. The zero-order valence-corrected chi connectivity index (χ0v) is 7.92. The average molecular weight is 180 g/mol. The zero-order chi connectivity index (χ0) is 8.73. The van der Waals surface area contributed by atoms with Crippen LogP contribution in [-0.2, 0) is 9.47 Å². The summed E-state index contributed by atoms with van der Waals surface area (Å²) in [4.78, 5) is 0. The predicted octanol–water partition coefficient (Wildman–Crippen LogP) is 2.25. The van der Waals surface area contributed by atoms with Gasteiger partial charge in [0.05, 0.1) is 13.2 Å². The molecule has 3 aliphatic rings. The van der Waals surface area contributed by atoms with Crippen LogP contribution >= 0.6 is 0 Å². The Bertz CT molecular complexity index is 238. The van der Waals surface area contributed by atoms with Gasteiger partial charge in [0.1, 0.15) is 0 Å². The summed E-state index contributed by atoms with van der Waals surface area (Å²) in [7, 11) is 0. The van der Waals surface area contributed by atoms with Gasteiger partial charge in [0, 0.05) is 6.42 Å². The van der Waals surface area contributed by atoms with Crippen molar-refractivity contribution in [2.45, 2.75) is 37.9 Å². The number of hydrogen-bond acceptors (Lipinski definition) is 2. The summed E-state index contributed by atoms with van der Waals surface area (Å²) in [6.45, 7) is 1.56. The van der Waals surface area contributed by atoms with Gasteiger partial charge in [-0.25, -0.2) is 0 Å². The van der Waals surface area contributed by atoms with Crippen molar-refractivity contribution in [3.05, 3.63) is 11.6 Å². The number of rotatable bonds is 0. The summed E-state index contributed by atoms with van der Waals surface area (Å²) < 4.78 is 11.6. The Morgan fingerprint density at radius 1 is 1.23 bits per heavy atom. The van der Waals surface area contributed by atoms with Crippen LogP contribution in [0.1, 0.15) is 32.1 Å².